The van der Waals surface area contributed by atoms with E-state index in [1.165, 1.54) is 24.3 Å². The first kappa shape index (κ1) is 20.0. The van der Waals surface area contributed by atoms with E-state index in [1.807, 2.05) is 13.8 Å². The average Bonchev–Trinajstić information content (AvgIpc) is 3.41. The third-order valence-electron chi connectivity index (χ3n) is 4.41. The number of hydrogen-bond donors (Lipinski definition) is 2. The van der Waals surface area contributed by atoms with E-state index in [2.05, 4.69) is 26.1 Å². The van der Waals surface area contributed by atoms with Crippen LogP contribution in [-0.4, -0.2) is 31.0 Å². The highest BCUT2D eigenvalue weighted by Crippen LogP contribution is 2.38. The van der Waals surface area contributed by atoms with Crippen LogP contribution in [0.3, 0.4) is 0 Å². The van der Waals surface area contributed by atoms with Crippen molar-refractivity contribution in [1.82, 2.24) is 20.2 Å². The van der Waals surface area contributed by atoms with Crippen LogP contribution in [-0.2, 0) is 10.0 Å². The molecule has 0 bridgehead atoms. The van der Waals surface area contributed by atoms with Gasteiger partial charge in [-0.05, 0) is 43.0 Å². The average molecular weight is 402 g/mol. The van der Waals surface area contributed by atoms with Crippen LogP contribution in [0, 0.1) is 18.3 Å². The molecular weight excluding hydrogens is 380 g/mol. The standard InChI is InChI=1S/C19H22N4O4S/c1-4-11-20-28(25,26)15-9-7-14(8-10-15)18(24)21-16(12(2)3)19-22-17(23-27-19)13-5-6-13/h1,7-10,12-13,16,20H,5-6,11H2,2-3H3,(H,21,24). The summed E-state index contributed by atoms with van der Waals surface area (Å²) in [6.07, 6.45) is 7.19. The summed E-state index contributed by atoms with van der Waals surface area (Å²) in [6, 6.07) is 5.17. The lowest BCUT2D eigenvalue weighted by molar-refractivity contribution is 0.0914. The molecule has 0 aliphatic heterocycles. The fourth-order valence-electron chi connectivity index (χ4n) is 2.62. The summed E-state index contributed by atoms with van der Waals surface area (Å²) in [4.78, 5) is 17.1. The second-order valence-corrected chi connectivity index (χ2v) is 8.78. The molecular formula is C19H22N4O4S. The smallest absolute Gasteiger partial charge is 0.251 e. The highest BCUT2D eigenvalue weighted by Gasteiger charge is 2.31. The number of nitrogens with one attached hydrogen (secondary N) is 2. The van der Waals surface area contributed by atoms with Gasteiger partial charge in [0.1, 0.15) is 6.04 Å². The minimum Gasteiger partial charge on any atom is -0.340 e. The van der Waals surface area contributed by atoms with E-state index in [1.54, 1.807) is 0 Å². The maximum Gasteiger partial charge on any atom is 0.251 e. The number of hydrogen-bond acceptors (Lipinski definition) is 6. The normalized spacial score (nSPS) is 15.2. The molecule has 1 heterocycles. The Kier molecular flexibility index (Phi) is 5.82. The molecule has 1 saturated carbocycles. The molecule has 2 N–H and O–H groups in total. The molecule has 1 fully saturated rings. The molecule has 1 aromatic heterocycles. The fraction of sp³-hybridized carbons (Fsp3) is 0.421. The Labute approximate surface area is 164 Å². The van der Waals surface area contributed by atoms with E-state index < -0.39 is 16.1 Å². The number of carbonyl (C=O) groups is 1. The Hall–Kier alpha value is -2.70. The topological polar surface area (TPSA) is 114 Å². The molecule has 8 nitrogen and oxygen atoms in total. The Morgan fingerprint density at radius 1 is 1.32 bits per heavy atom. The molecule has 1 aromatic carbocycles. The van der Waals surface area contributed by atoms with Crippen LogP contribution >= 0.6 is 0 Å². The van der Waals surface area contributed by atoms with Crippen LogP contribution in [0.1, 0.15) is 60.7 Å². The van der Waals surface area contributed by atoms with Gasteiger partial charge in [0.2, 0.25) is 15.9 Å². The fourth-order valence-corrected chi connectivity index (χ4v) is 3.56. The summed E-state index contributed by atoms with van der Waals surface area (Å²) in [5, 5.41) is 6.89. The zero-order valence-electron chi connectivity index (χ0n) is 15.7. The number of sulfonamides is 1. The first-order valence-electron chi connectivity index (χ1n) is 8.99. The van der Waals surface area contributed by atoms with E-state index in [4.69, 9.17) is 10.9 Å². The molecule has 1 unspecified atom stereocenters. The lowest BCUT2D eigenvalue weighted by atomic mass is 10.0. The van der Waals surface area contributed by atoms with Gasteiger partial charge in [0, 0.05) is 11.5 Å². The van der Waals surface area contributed by atoms with Gasteiger partial charge < -0.3 is 9.84 Å². The quantitative estimate of drug-likeness (QED) is 0.653. The molecule has 1 aliphatic carbocycles. The van der Waals surface area contributed by atoms with Crippen molar-refractivity contribution < 1.29 is 17.7 Å². The van der Waals surface area contributed by atoms with Gasteiger partial charge in [-0.3, -0.25) is 4.79 Å². The van der Waals surface area contributed by atoms with Gasteiger partial charge in [0.05, 0.1) is 11.4 Å². The maximum absolute atomic E-state index is 12.6. The van der Waals surface area contributed by atoms with Crippen molar-refractivity contribution in [2.75, 3.05) is 6.54 Å². The van der Waals surface area contributed by atoms with Crippen LogP contribution in [0.2, 0.25) is 0 Å². The zero-order chi connectivity index (χ0) is 20.3. The van der Waals surface area contributed by atoms with Crippen LogP contribution in [0.5, 0.6) is 0 Å². The van der Waals surface area contributed by atoms with Crippen molar-refractivity contribution in [3.8, 4) is 12.3 Å². The molecule has 3 rings (SSSR count). The first-order valence-corrected chi connectivity index (χ1v) is 10.5. The monoisotopic (exact) mass is 402 g/mol. The van der Waals surface area contributed by atoms with Gasteiger partial charge >= 0.3 is 0 Å². The van der Waals surface area contributed by atoms with Gasteiger partial charge in [-0.25, -0.2) is 8.42 Å². The zero-order valence-corrected chi connectivity index (χ0v) is 16.5. The number of rotatable bonds is 8. The Balaban J connectivity index is 1.72. The van der Waals surface area contributed by atoms with Crippen molar-refractivity contribution in [3.63, 3.8) is 0 Å². The van der Waals surface area contributed by atoms with Crippen LogP contribution < -0.4 is 10.0 Å². The Morgan fingerprint density at radius 2 is 2.00 bits per heavy atom. The van der Waals surface area contributed by atoms with E-state index in [0.29, 0.717) is 23.2 Å². The summed E-state index contributed by atoms with van der Waals surface area (Å²) in [7, 11) is -3.70. The molecule has 0 spiro atoms. The molecule has 1 atom stereocenters. The van der Waals surface area contributed by atoms with E-state index in [0.717, 1.165) is 12.8 Å². The van der Waals surface area contributed by atoms with Gasteiger partial charge in [-0.15, -0.1) is 6.42 Å². The molecule has 148 valence electrons. The van der Waals surface area contributed by atoms with Gasteiger partial charge in [-0.2, -0.15) is 9.71 Å². The van der Waals surface area contributed by atoms with Crippen LogP contribution in [0.15, 0.2) is 33.7 Å². The molecule has 28 heavy (non-hydrogen) atoms. The third-order valence-corrected chi connectivity index (χ3v) is 5.83. The number of amides is 1. The number of terminal acetylenes is 1. The Bertz CT molecular complexity index is 986. The Morgan fingerprint density at radius 3 is 2.57 bits per heavy atom. The summed E-state index contributed by atoms with van der Waals surface area (Å²) >= 11 is 0. The van der Waals surface area contributed by atoms with Crippen molar-refractivity contribution in [3.05, 3.63) is 41.5 Å². The predicted molar refractivity (Wildman–Crippen MR) is 102 cm³/mol. The van der Waals surface area contributed by atoms with Gasteiger partial charge in [-0.1, -0.05) is 24.9 Å². The second kappa shape index (κ2) is 8.12. The molecule has 1 amide bonds. The van der Waals surface area contributed by atoms with E-state index in [-0.39, 0.29) is 23.3 Å². The molecule has 0 saturated heterocycles. The number of carbonyl (C=O) groups excluding carboxylic acids is 1. The highest BCUT2D eigenvalue weighted by molar-refractivity contribution is 7.89. The first-order chi connectivity index (χ1) is 13.3. The van der Waals surface area contributed by atoms with Crippen molar-refractivity contribution in [2.45, 2.75) is 43.5 Å². The van der Waals surface area contributed by atoms with Crippen molar-refractivity contribution >= 4 is 15.9 Å². The second-order valence-electron chi connectivity index (χ2n) is 7.01. The lowest BCUT2D eigenvalue weighted by Gasteiger charge is -2.18. The minimum absolute atomic E-state index is 0.0315. The summed E-state index contributed by atoms with van der Waals surface area (Å²) in [5.74, 6) is 3.31. The number of nitrogens with zero attached hydrogens (tertiary/aromatic N) is 2. The minimum atomic E-state index is -3.70. The lowest BCUT2D eigenvalue weighted by Crippen LogP contribution is -2.32. The predicted octanol–water partition coefficient (Wildman–Crippen LogP) is 1.99. The number of benzene rings is 1. The van der Waals surface area contributed by atoms with E-state index >= 15 is 0 Å². The van der Waals surface area contributed by atoms with Crippen LogP contribution in [0.4, 0.5) is 0 Å². The molecule has 1 aliphatic rings. The van der Waals surface area contributed by atoms with Gasteiger partial charge in [0.15, 0.2) is 5.82 Å². The summed E-state index contributed by atoms with van der Waals surface area (Å²) in [5.41, 5.74) is 0.323. The SMILES string of the molecule is C#CCNS(=O)(=O)c1ccc(C(=O)NC(c2nc(C3CC3)no2)C(C)C)cc1. The maximum atomic E-state index is 12.6. The molecule has 2 aromatic rings. The highest BCUT2D eigenvalue weighted by atomic mass is 32.2. The van der Waals surface area contributed by atoms with Crippen molar-refractivity contribution in [1.29, 1.82) is 0 Å². The van der Waals surface area contributed by atoms with Crippen molar-refractivity contribution in [2.24, 2.45) is 5.92 Å². The van der Waals surface area contributed by atoms with Crippen LogP contribution in [0.25, 0.3) is 0 Å². The molecule has 0 radical (unpaired) electrons. The third kappa shape index (κ3) is 4.58. The summed E-state index contributed by atoms with van der Waals surface area (Å²) < 4.78 is 31.7. The number of aromatic nitrogens is 2. The largest absolute Gasteiger partial charge is 0.340 e. The molecule has 9 heteroatoms. The van der Waals surface area contributed by atoms with Gasteiger partial charge in [0.25, 0.3) is 5.91 Å². The van der Waals surface area contributed by atoms with E-state index in [9.17, 15) is 13.2 Å². The summed E-state index contributed by atoms with van der Waals surface area (Å²) in [6.45, 7) is 3.78.